The maximum absolute atomic E-state index is 12.8. The Morgan fingerprint density at radius 1 is 1.43 bits per heavy atom. The first-order chi connectivity index (χ1) is 9.79. The van der Waals surface area contributed by atoms with E-state index in [9.17, 15) is 18.0 Å². The lowest BCUT2D eigenvalue weighted by molar-refractivity contribution is -0.138. The standard InChI is InChI=1S/C13H11BrF3N3O/c1-7-9(6-19-20-7)5-18-12(21)8-2-3-11(14)10(4-8)13(15,16)17/h2-4,6H,5H2,1H3,(H,18,21)(H,19,20). The Morgan fingerprint density at radius 3 is 2.71 bits per heavy atom. The second-order valence-electron chi connectivity index (χ2n) is 4.40. The second kappa shape index (κ2) is 5.88. The summed E-state index contributed by atoms with van der Waals surface area (Å²) in [6.45, 7) is 1.98. The number of amides is 1. The maximum Gasteiger partial charge on any atom is 0.417 e. The fraction of sp³-hybridized carbons (Fsp3) is 0.231. The van der Waals surface area contributed by atoms with Gasteiger partial charge in [0.25, 0.3) is 5.91 Å². The number of hydrogen-bond acceptors (Lipinski definition) is 2. The van der Waals surface area contributed by atoms with Gasteiger partial charge in [-0.3, -0.25) is 9.89 Å². The molecule has 0 aliphatic rings. The largest absolute Gasteiger partial charge is 0.417 e. The minimum atomic E-state index is -4.52. The lowest BCUT2D eigenvalue weighted by Gasteiger charge is -2.11. The van der Waals surface area contributed by atoms with Crippen molar-refractivity contribution in [2.75, 3.05) is 0 Å². The molecule has 1 heterocycles. The zero-order valence-corrected chi connectivity index (χ0v) is 12.5. The van der Waals surface area contributed by atoms with Crippen LogP contribution in [0.25, 0.3) is 0 Å². The third-order valence-corrected chi connectivity index (χ3v) is 3.60. The molecule has 112 valence electrons. The van der Waals surface area contributed by atoms with E-state index in [2.05, 4.69) is 31.4 Å². The van der Waals surface area contributed by atoms with E-state index < -0.39 is 17.6 Å². The van der Waals surface area contributed by atoms with E-state index in [1.54, 1.807) is 13.1 Å². The van der Waals surface area contributed by atoms with Crippen LogP contribution < -0.4 is 5.32 Å². The molecular formula is C13H11BrF3N3O. The normalized spacial score (nSPS) is 11.5. The van der Waals surface area contributed by atoms with E-state index in [0.29, 0.717) is 0 Å². The molecule has 0 saturated carbocycles. The molecule has 2 rings (SSSR count). The molecule has 0 unspecified atom stereocenters. The van der Waals surface area contributed by atoms with Gasteiger partial charge in [-0.15, -0.1) is 0 Å². The quantitative estimate of drug-likeness (QED) is 0.879. The van der Waals surface area contributed by atoms with E-state index in [4.69, 9.17) is 0 Å². The first-order valence-corrected chi connectivity index (χ1v) is 6.72. The highest BCUT2D eigenvalue weighted by molar-refractivity contribution is 9.10. The number of rotatable bonds is 3. The summed E-state index contributed by atoms with van der Waals surface area (Å²) in [5, 5.41) is 9.07. The van der Waals surface area contributed by atoms with Crippen LogP contribution in [0, 0.1) is 6.92 Å². The number of hydrogen-bond donors (Lipinski definition) is 2. The zero-order chi connectivity index (χ0) is 15.6. The third-order valence-electron chi connectivity index (χ3n) is 2.91. The molecule has 1 aromatic heterocycles. The Labute approximate surface area is 126 Å². The van der Waals surface area contributed by atoms with E-state index in [1.165, 1.54) is 12.1 Å². The number of aromatic amines is 1. The van der Waals surface area contributed by atoms with Gasteiger partial charge in [-0.2, -0.15) is 18.3 Å². The summed E-state index contributed by atoms with van der Waals surface area (Å²) >= 11 is 2.83. The van der Waals surface area contributed by atoms with Crippen LogP contribution in [0.1, 0.15) is 27.2 Å². The molecule has 0 fully saturated rings. The van der Waals surface area contributed by atoms with Crippen LogP contribution >= 0.6 is 15.9 Å². The molecule has 21 heavy (non-hydrogen) atoms. The Hall–Kier alpha value is -1.83. The summed E-state index contributed by atoms with van der Waals surface area (Å²) in [5.74, 6) is -0.575. The molecule has 0 bridgehead atoms. The number of nitrogens with zero attached hydrogens (tertiary/aromatic N) is 1. The van der Waals surface area contributed by atoms with Crippen molar-refractivity contribution in [1.82, 2.24) is 15.5 Å². The molecule has 0 spiro atoms. The van der Waals surface area contributed by atoms with Gasteiger partial charge in [0.15, 0.2) is 0 Å². The first-order valence-electron chi connectivity index (χ1n) is 5.93. The number of carbonyl (C=O) groups is 1. The molecule has 0 radical (unpaired) electrons. The smallest absolute Gasteiger partial charge is 0.348 e. The summed E-state index contributed by atoms with van der Waals surface area (Å²) in [6, 6.07) is 3.36. The summed E-state index contributed by atoms with van der Waals surface area (Å²) < 4.78 is 38.2. The predicted octanol–water partition coefficient (Wildman–Crippen LogP) is 3.43. The summed E-state index contributed by atoms with van der Waals surface area (Å²) in [4.78, 5) is 11.9. The van der Waals surface area contributed by atoms with Crippen LogP contribution in [0.2, 0.25) is 0 Å². The number of aryl methyl sites for hydroxylation is 1. The average molecular weight is 362 g/mol. The van der Waals surface area contributed by atoms with Crippen molar-refractivity contribution in [2.45, 2.75) is 19.6 Å². The van der Waals surface area contributed by atoms with Crippen molar-refractivity contribution in [3.8, 4) is 0 Å². The van der Waals surface area contributed by atoms with Gasteiger partial charge in [0.05, 0.1) is 11.8 Å². The topological polar surface area (TPSA) is 57.8 Å². The van der Waals surface area contributed by atoms with Gasteiger partial charge in [0, 0.05) is 27.8 Å². The van der Waals surface area contributed by atoms with E-state index >= 15 is 0 Å². The maximum atomic E-state index is 12.8. The molecule has 2 N–H and O–H groups in total. The minimum absolute atomic E-state index is 0.0494. The molecule has 0 saturated heterocycles. The van der Waals surface area contributed by atoms with Gasteiger partial charge in [-0.25, -0.2) is 0 Å². The highest BCUT2D eigenvalue weighted by Crippen LogP contribution is 2.35. The number of nitrogens with one attached hydrogen (secondary N) is 2. The highest BCUT2D eigenvalue weighted by atomic mass is 79.9. The van der Waals surface area contributed by atoms with Gasteiger partial charge in [-0.1, -0.05) is 15.9 Å². The number of alkyl halides is 3. The Morgan fingerprint density at radius 2 is 2.14 bits per heavy atom. The van der Waals surface area contributed by atoms with Crippen molar-refractivity contribution in [2.24, 2.45) is 0 Å². The summed E-state index contributed by atoms with van der Waals surface area (Å²) in [7, 11) is 0. The lowest BCUT2D eigenvalue weighted by atomic mass is 10.1. The molecule has 8 heteroatoms. The zero-order valence-electron chi connectivity index (χ0n) is 10.9. The van der Waals surface area contributed by atoms with Crippen molar-refractivity contribution in [1.29, 1.82) is 0 Å². The molecule has 0 atom stereocenters. The second-order valence-corrected chi connectivity index (χ2v) is 5.25. The lowest BCUT2D eigenvalue weighted by Crippen LogP contribution is -2.23. The molecule has 1 aromatic carbocycles. The van der Waals surface area contributed by atoms with Crippen molar-refractivity contribution >= 4 is 21.8 Å². The molecule has 0 aliphatic heterocycles. The van der Waals surface area contributed by atoms with Crippen LogP contribution in [0.5, 0.6) is 0 Å². The van der Waals surface area contributed by atoms with Crippen LogP contribution in [0.3, 0.4) is 0 Å². The molecule has 2 aromatic rings. The molecule has 4 nitrogen and oxygen atoms in total. The van der Waals surface area contributed by atoms with Crippen LogP contribution in [-0.4, -0.2) is 16.1 Å². The number of aromatic nitrogens is 2. The van der Waals surface area contributed by atoms with Gasteiger partial charge in [0.1, 0.15) is 0 Å². The third kappa shape index (κ3) is 3.63. The average Bonchev–Trinajstić information content (AvgIpc) is 2.80. The number of carbonyl (C=O) groups excluding carboxylic acids is 1. The van der Waals surface area contributed by atoms with Crippen molar-refractivity contribution in [3.63, 3.8) is 0 Å². The van der Waals surface area contributed by atoms with Gasteiger partial charge >= 0.3 is 6.18 Å². The monoisotopic (exact) mass is 361 g/mol. The van der Waals surface area contributed by atoms with E-state index in [0.717, 1.165) is 17.3 Å². The number of H-pyrrole nitrogens is 1. The summed E-state index contributed by atoms with van der Waals surface area (Å²) in [5.41, 5.74) is 0.639. The highest BCUT2D eigenvalue weighted by Gasteiger charge is 2.33. The van der Waals surface area contributed by atoms with Crippen molar-refractivity contribution < 1.29 is 18.0 Å². The SMILES string of the molecule is Cc1[nH]ncc1CNC(=O)c1ccc(Br)c(C(F)(F)F)c1. The first kappa shape index (κ1) is 15.6. The van der Waals surface area contributed by atoms with Crippen LogP contribution in [0.15, 0.2) is 28.9 Å². The fourth-order valence-corrected chi connectivity index (χ4v) is 2.19. The van der Waals surface area contributed by atoms with E-state index in [1.807, 2.05) is 0 Å². The van der Waals surface area contributed by atoms with Crippen LogP contribution in [-0.2, 0) is 12.7 Å². The Bertz CT molecular complexity index is 667. The molecule has 1 amide bonds. The Balaban J connectivity index is 2.15. The molecular weight excluding hydrogens is 351 g/mol. The summed E-state index contributed by atoms with van der Waals surface area (Å²) in [6.07, 6.45) is -2.96. The minimum Gasteiger partial charge on any atom is -0.348 e. The Kier molecular flexibility index (Phi) is 4.36. The molecule has 0 aliphatic carbocycles. The van der Waals surface area contributed by atoms with Gasteiger partial charge < -0.3 is 5.32 Å². The number of halogens is 4. The fourth-order valence-electron chi connectivity index (χ4n) is 1.72. The predicted molar refractivity (Wildman–Crippen MR) is 73.6 cm³/mol. The van der Waals surface area contributed by atoms with Crippen molar-refractivity contribution in [3.05, 3.63) is 51.3 Å². The van der Waals surface area contributed by atoms with E-state index in [-0.39, 0.29) is 16.6 Å². The number of benzene rings is 1. The van der Waals surface area contributed by atoms with Crippen LogP contribution in [0.4, 0.5) is 13.2 Å². The van der Waals surface area contributed by atoms with Gasteiger partial charge in [0.2, 0.25) is 0 Å². The van der Waals surface area contributed by atoms with Gasteiger partial charge in [-0.05, 0) is 25.1 Å².